The van der Waals surface area contributed by atoms with E-state index in [1.165, 1.54) is 11.3 Å². The zero-order valence-corrected chi connectivity index (χ0v) is 13.4. The van der Waals surface area contributed by atoms with E-state index in [4.69, 9.17) is 4.74 Å². The molecule has 20 heavy (non-hydrogen) atoms. The van der Waals surface area contributed by atoms with Crippen molar-refractivity contribution in [1.29, 1.82) is 0 Å². The summed E-state index contributed by atoms with van der Waals surface area (Å²) >= 11 is 1.40. The van der Waals surface area contributed by atoms with Crippen LogP contribution in [0.4, 0.5) is 4.79 Å². The Kier molecular flexibility index (Phi) is 5.56. The SMILES string of the molecule is C[C@@H](CN(C)C(=O)c1cccs1)NC(=O)OC(C)(C)C. The van der Waals surface area contributed by atoms with Gasteiger partial charge in [-0.2, -0.15) is 0 Å². The molecule has 5 nitrogen and oxygen atoms in total. The molecule has 0 spiro atoms. The molecule has 0 unspecified atom stereocenters. The molecule has 0 aliphatic rings. The van der Waals surface area contributed by atoms with Gasteiger partial charge in [0, 0.05) is 19.6 Å². The van der Waals surface area contributed by atoms with E-state index in [0.29, 0.717) is 11.4 Å². The Morgan fingerprint density at radius 3 is 2.60 bits per heavy atom. The number of likely N-dealkylation sites (N-methyl/N-ethyl adjacent to an activating group) is 1. The number of nitrogens with one attached hydrogen (secondary N) is 1. The van der Waals surface area contributed by atoms with Crippen LogP contribution in [-0.4, -0.2) is 42.1 Å². The van der Waals surface area contributed by atoms with Crippen molar-refractivity contribution in [2.45, 2.75) is 39.3 Å². The molecule has 1 rings (SSSR count). The number of rotatable bonds is 4. The summed E-state index contributed by atoms with van der Waals surface area (Å²) in [5, 5.41) is 4.58. The van der Waals surface area contributed by atoms with Gasteiger partial charge < -0.3 is 15.0 Å². The van der Waals surface area contributed by atoms with Crippen LogP contribution in [0.5, 0.6) is 0 Å². The largest absolute Gasteiger partial charge is 0.444 e. The van der Waals surface area contributed by atoms with Crippen LogP contribution in [0.25, 0.3) is 0 Å². The molecule has 1 aromatic rings. The predicted molar refractivity (Wildman–Crippen MR) is 80.1 cm³/mol. The van der Waals surface area contributed by atoms with Crippen molar-refractivity contribution >= 4 is 23.3 Å². The van der Waals surface area contributed by atoms with Gasteiger partial charge in [0.15, 0.2) is 0 Å². The lowest BCUT2D eigenvalue weighted by Crippen LogP contribution is -2.44. The Labute approximate surface area is 123 Å². The van der Waals surface area contributed by atoms with E-state index in [0.717, 1.165) is 0 Å². The van der Waals surface area contributed by atoms with Crippen LogP contribution in [0.2, 0.25) is 0 Å². The molecule has 0 aliphatic carbocycles. The average molecular weight is 298 g/mol. The minimum Gasteiger partial charge on any atom is -0.444 e. The maximum absolute atomic E-state index is 12.0. The van der Waals surface area contributed by atoms with E-state index >= 15 is 0 Å². The maximum Gasteiger partial charge on any atom is 0.407 e. The Morgan fingerprint density at radius 1 is 1.45 bits per heavy atom. The summed E-state index contributed by atoms with van der Waals surface area (Å²) in [4.78, 5) is 25.9. The summed E-state index contributed by atoms with van der Waals surface area (Å²) in [7, 11) is 1.72. The quantitative estimate of drug-likeness (QED) is 0.930. The summed E-state index contributed by atoms with van der Waals surface area (Å²) < 4.78 is 5.17. The van der Waals surface area contributed by atoms with Gasteiger partial charge in [-0.25, -0.2) is 4.79 Å². The van der Waals surface area contributed by atoms with Gasteiger partial charge in [-0.05, 0) is 39.1 Å². The topological polar surface area (TPSA) is 58.6 Å². The number of ether oxygens (including phenoxy) is 1. The van der Waals surface area contributed by atoms with Crippen LogP contribution in [0.15, 0.2) is 17.5 Å². The summed E-state index contributed by atoms with van der Waals surface area (Å²) in [6.45, 7) is 7.69. The molecular formula is C14H22N2O3S. The van der Waals surface area contributed by atoms with Crippen molar-refractivity contribution in [3.63, 3.8) is 0 Å². The molecule has 2 amide bonds. The highest BCUT2D eigenvalue weighted by Crippen LogP contribution is 2.11. The lowest BCUT2D eigenvalue weighted by molar-refractivity contribution is 0.0491. The average Bonchev–Trinajstić information content (AvgIpc) is 2.77. The highest BCUT2D eigenvalue weighted by molar-refractivity contribution is 7.12. The normalized spacial score (nSPS) is 12.7. The van der Waals surface area contributed by atoms with Crippen LogP contribution >= 0.6 is 11.3 Å². The first-order valence-corrected chi connectivity index (χ1v) is 7.35. The van der Waals surface area contributed by atoms with Gasteiger partial charge >= 0.3 is 6.09 Å². The lowest BCUT2D eigenvalue weighted by Gasteiger charge is -2.24. The zero-order chi connectivity index (χ0) is 15.3. The second-order valence-electron chi connectivity index (χ2n) is 5.71. The number of carbonyl (C=O) groups excluding carboxylic acids is 2. The van der Waals surface area contributed by atoms with E-state index in [9.17, 15) is 9.59 Å². The smallest absolute Gasteiger partial charge is 0.407 e. The molecule has 112 valence electrons. The third kappa shape index (κ3) is 5.61. The minimum atomic E-state index is -0.525. The van der Waals surface area contributed by atoms with E-state index in [1.54, 1.807) is 18.0 Å². The molecule has 0 radical (unpaired) electrons. The molecule has 0 saturated carbocycles. The van der Waals surface area contributed by atoms with Crippen LogP contribution in [0, 0.1) is 0 Å². The van der Waals surface area contributed by atoms with Crippen molar-refractivity contribution in [1.82, 2.24) is 10.2 Å². The number of hydrogen-bond acceptors (Lipinski definition) is 4. The van der Waals surface area contributed by atoms with Gasteiger partial charge in [0.2, 0.25) is 0 Å². The first kappa shape index (κ1) is 16.5. The fraction of sp³-hybridized carbons (Fsp3) is 0.571. The molecule has 0 fully saturated rings. The number of thiophene rings is 1. The fourth-order valence-electron chi connectivity index (χ4n) is 1.64. The molecule has 6 heteroatoms. The van der Waals surface area contributed by atoms with Crippen molar-refractivity contribution in [3.05, 3.63) is 22.4 Å². The summed E-state index contributed by atoms with van der Waals surface area (Å²) in [6.07, 6.45) is -0.470. The Morgan fingerprint density at radius 2 is 2.10 bits per heavy atom. The molecule has 1 N–H and O–H groups in total. The number of carbonyl (C=O) groups is 2. The van der Waals surface area contributed by atoms with Crippen LogP contribution in [0.3, 0.4) is 0 Å². The molecule has 0 aliphatic heterocycles. The fourth-order valence-corrected chi connectivity index (χ4v) is 2.35. The molecule has 0 bridgehead atoms. The highest BCUT2D eigenvalue weighted by atomic mass is 32.1. The predicted octanol–water partition coefficient (Wildman–Crippen LogP) is 2.73. The number of amides is 2. The van der Waals surface area contributed by atoms with Gasteiger partial charge in [0.25, 0.3) is 5.91 Å². The van der Waals surface area contributed by atoms with Crippen molar-refractivity contribution in [2.24, 2.45) is 0 Å². The van der Waals surface area contributed by atoms with Crippen molar-refractivity contribution in [2.75, 3.05) is 13.6 Å². The van der Waals surface area contributed by atoms with Crippen molar-refractivity contribution < 1.29 is 14.3 Å². The standard InChI is InChI=1S/C14H22N2O3S/c1-10(15-13(18)19-14(2,3)4)9-16(5)12(17)11-7-6-8-20-11/h6-8,10H,9H2,1-5H3,(H,15,18)/t10-/m0/s1. The highest BCUT2D eigenvalue weighted by Gasteiger charge is 2.20. The van der Waals surface area contributed by atoms with Crippen LogP contribution in [-0.2, 0) is 4.74 Å². The number of alkyl carbamates (subject to hydrolysis) is 1. The van der Waals surface area contributed by atoms with E-state index in [2.05, 4.69) is 5.32 Å². The maximum atomic E-state index is 12.0. The molecule has 1 heterocycles. The minimum absolute atomic E-state index is 0.0437. The zero-order valence-electron chi connectivity index (χ0n) is 12.6. The van der Waals surface area contributed by atoms with Gasteiger partial charge in [0.1, 0.15) is 5.60 Å². The van der Waals surface area contributed by atoms with Crippen molar-refractivity contribution in [3.8, 4) is 0 Å². The van der Waals surface area contributed by atoms with E-state index in [1.807, 2.05) is 39.1 Å². The van der Waals surface area contributed by atoms with Gasteiger partial charge in [-0.3, -0.25) is 4.79 Å². The third-order valence-corrected chi connectivity index (χ3v) is 3.25. The van der Waals surface area contributed by atoms with Crippen LogP contribution < -0.4 is 5.32 Å². The monoisotopic (exact) mass is 298 g/mol. The lowest BCUT2D eigenvalue weighted by atomic mass is 10.2. The Hall–Kier alpha value is -1.56. The number of nitrogens with zero attached hydrogens (tertiary/aromatic N) is 1. The van der Waals surface area contributed by atoms with E-state index in [-0.39, 0.29) is 11.9 Å². The Balaban J connectivity index is 2.44. The van der Waals surface area contributed by atoms with Gasteiger partial charge in [0.05, 0.1) is 4.88 Å². The number of hydrogen-bond donors (Lipinski definition) is 1. The molecule has 0 saturated heterocycles. The molecule has 1 aromatic heterocycles. The molecular weight excluding hydrogens is 276 g/mol. The summed E-state index contributed by atoms with van der Waals surface area (Å²) in [5.41, 5.74) is -0.525. The molecule has 0 aromatic carbocycles. The van der Waals surface area contributed by atoms with Gasteiger partial charge in [-0.1, -0.05) is 6.07 Å². The second kappa shape index (κ2) is 6.74. The van der Waals surface area contributed by atoms with Gasteiger partial charge in [-0.15, -0.1) is 11.3 Å². The first-order valence-electron chi connectivity index (χ1n) is 6.47. The summed E-state index contributed by atoms with van der Waals surface area (Å²) in [6, 6.07) is 3.45. The summed E-state index contributed by atoms with van der Waals surface area (Å²) in [5.74, 6) is -0.0437. The second-order valence-corrected chi connectivity index (χ2v) is 6.66. The Bertz CT molecular complexity index is 451. The third-order valence-electron chi connectivity index (χ3n) is 2.39. The molecule has 1 atom stereocenters. The van der Waals surface area contributed by atoms with E-state index < -0.39 is 11.7 Å². The first-order chi connectivity index (χ1) is 9.19. The van der Waals surface area contributed by atoms with Crippen LogP contribution in [0.1, 0.15) is 37.4 Å².